The molecule has 0 saturated carbocycles. The van der Waals surface area contributed by atoms with Gasteiger partial charge in [-0.15, -0.1) is 0 Å². The number of methoxy groups -OCH3 is 1. The van der Waals surface area contributed by atoms with Gasteiger partial charge < -0.3 is 14.8 Å². The van der Waals surface area contributed by atoms with Gasteiger partial charge in [0.2, 0.25) is 0 Å². The first kappa shape index (κ1) is 25.3. The third-order valence-electron chi connectivity index (χ3n) is 7.46. The average Bonchev–Trinajstić information content (AvgIpc) is 3.20. The van der Waals surface area contributed by atoms with Crippen LogP contribution in [0.4, 0.5) is 22.7 Å². The number of rotatable bonds is 5. The van der Waals surface area contributed by atoms with Crippen LogP contribution in [0.15, 0.2) is 142 Å². The van der Waals surface area contributed by atoms with Gasteiger partial charge in [-0.05, 0) is 54.1 Å². The van der Waals surface area contributed by atoms with Gasteiger partial charge in [-0.25, -0.2) is 4.99 Å². The number of ether oxygens (including phenoxy) is 2. The lowest BCUT2D eigenvalue weighted by atomic mass is 9.92. The second kappa shape index (κ2) is 11.1. The predicted molar refractivity (Wildman–Crippen MR) is 167 cm³/mol. The molecule has 0 aliphatic carbocycles. The maximum Gasteiger partial charge on any atom is 0.145 e. The molecule has 41 heavy (non-hydrogen) atoms. The number of nitrogens with one attached hydrogen (secondary N) is 1. The Morgan fingerprint density at radius 1 is 0.756 bits per heavy atom. The molecule has 0 radical (unpaired) electrons. The molecule has 0 amide bonds. The lowest BCUT2D eigenvalue weighted by molar-refractivity contribution is 0.175. The molecule has 7 rings (SSSR count). The predicted octanol–water partition coefficient (Wildman–Crippen LogP) is 8.89. The van der Waals surface area contributed by atoms with Crippen LogP contribution in [0.2, 0.25) is 0 Å². The fraction of sp³-hybridized carbons (Fsp3) is 0.114. The van der Waals surface area contributed by atoms with Crippen LogP contribution in [0.3, 0.4) is 0 Å². The number of benzene rings is 5. The second-order valence-electron chi connectivity index (χ2n) is 9.95. The van der Waals surface area contributed by atoms with Crippen LogP contribution < -0.4 is 19.7 Å². The van der Waals surface area contributed by atoms with E-state index in [9.17, 15) is 0 Å². The van der Waals surface area contributed by atoms with Gasteiger partial charge in [0.25, 0.3) is 0 Å². The molecule has 2 heterocycles. The Morgan fingerprint density at radius 3 is 2.15 bits per heavy atom. The van der Waals surface area contributed by atoms with Crippen LogP contribution in [0.1, 0.15) is 11.7 Å². The topological polar surface area (TPSA) is 46.1 Å². The molecule has 1 N–H and O–H groups in total. The number of nitrogens with zero attached hydrogens (tertiary/aromatic N) is 2. The zero-order valence-electron chi connectivity index (χ0n) is 22.6. The first-order valence-electron chi connectivity index (χ1n) is 13.7. The summed E-state index contributed by atoms with van der Waals surface area (Å²) in [4.78, 5) is 10.1. The molecule has 0 spiro atoms. The minimum absolute atomic E-state index is 0.168. The molecular weight excluding hydrogens is 526 g/mol. The summed E-state index contributed by atoms with van der Waals surface area (Å²) in [6, 6.07) is 43.6. The van der Waals surface area contributed by atoms with Crippen molar-refractivity contribution in [2.75, 3.05) is 23.9 Å². The lowest BCUT2D eigenvalue weighted by Crippen LogP contribution is -2.41. The van der Waals surface area contributed by atoms with Crippen molar-refractivity contribution < 1.29 is 9.47 Å². The smallest absolute Gasteiger partial charge is 0.145 e. The van der Waals surface area contributed by atoms with Gasteiger partial charge in [0.1, 0.15) is 29.1 Å². The fourth-order valence-corrected chi connectivity index (χ4v) is 6.59. The quantitative estimate of drug-likeness (QED) is 0.235. The van der Waals surface area contributed by atoms with E-state index >= 15 is 0 Å². The summed E-state index contributed by atoms with van der Waals surface area (Å²) in [5.74, 6) is 2.32. The maximum atomic E-state index is 6.88. The number of hydrogen-bond donors (Lipinski definition) is 1. The third kappa shape index (κ3) is 4.81. The van der Waals surface area contributed by atoms with Crippen LogP contribution in [0.5, 0.6) is 11.5 Å². The molecule has 0 bridgehead atoms. The van der Waals surface area contributed by atoms with E-state index < -0.39 is 0 Å². The summed E-state index contributed by atoms with van der Waals surface area (Å²) in [5, 5.41) is 3.69. The van der Waals surface area contributed by atoms with E-state index in [0.29, 0.717) is 6.54 Å². The van der Waals surface area contributed by atoms with Gasteiger partial charge in [-0.1, -0.05) is 90.6 Å². The molecule has 5 aromatic carbocycles. The monoisotopic (exact) mass is 555 g/mol. The standard InChI is InChI=1S/C35H29N3O2S/c1-39-30-19-9-5-15-26(30)36-23-25-34(24-13-3-2-4-14-24)40-31-20-10-6-16-27(31)37-35(25)38-28-17-7-11-21-32(28)41-33-22-12-8-18-29(33)38/h2-22,25,34,36H,23H2,1H3. The summed E-state index contributed by atoms with van der Waals surface area (Å²) >= 11 is 1.79. The molecule has 2 aliphatic heterocycles. The molecule has 0 aromatic heterocycles. The Hall–Kier alpha value is -4.68. The second-order valence-corrected chi connectivity index (χ2v) is 11.0. The number of amidine groups is 1. The van der Waals surface area contributed by atoms with Crippen molar-refractivity contribution >= 4 is 40.3 Å². The van der Waals surface area contributed by atoms with E-state index in [1.165, 1.54) is 9.79 Å². The van der Waals surface area contributed by atoms with Crippen LogP contribution in [0.25, 0.3) is 0 Å². The van der Waals surface area contributed by atoms with E-state index in [-0.39, 0.29) is 12.0 Å². The highest BCUT2D eigenvalue weighted by Gasteiger charge is 2.39. The lowest BCUT2D eigenvalue weighted by Gasteiger charge is -2.38. The SMILES string of the molecule is COc1ccccc1NCC1C(N2c3ccccc3Sc3ccccc32)=Nc2ccccc2OC1c1ccccc1. The Morgan fingerprint density at radius 2 is 1.39 bits per heavy atom. The molecule has 2 unspecified atom stereocenters. The van der Waals surface area contributed by atoms with Gasteiger partial charge in [-0.3, -0.25) is 4.90 Å². The molecular formula is C35H29N3O2S. The van der Waals surface area contributed by atoms with Crippen molar-refractivity contribution in [3.8, 4) is 11.5 Å². The molecule has 5 aromatic rings. The van der Waals surface area contributed by atoms with Crippen LogP contribution in [-0.2, 0) is 0 Å². The Balaban J connectivity index is 1.43. The minimum Gasteiger partial charge on any atom is -0.495 e. The largest absolute Gasteiger partial charge is 0.495 e. The van der Waals surface area contributed by atoms with Crippen molar-refractivity contribution in [2.45, 2.75) is 15.9 Å². The Kier molecular flexibility index (Phi) is 6.83. The maximum absolute atomic E-state index is 6.88. The van der Waals surface area contributed by atoms with Gasteiger partial charge in [-0.2, -0.15) is 0 Å². The highest BCUT2D eigenvalue weighted by Crippen LogP contribution is 2.51. The van der Waals surface area contributed by atoms with Gasteiger partial charge in [0, 0.05) is 16.3 Å². The molecule has 202 valence electrons. The molecule has 0 fully saturated rings. The van der Waals surface area contributed by atoms with Gasteiger partial charge >= 0.3 is 0 Å². The molecule has 2 atom stereocenters. The van der Waals surface area contributed by atoms with Crippen molar-refractivity contribution in [3.05, 3.63) is 133 Å². The van der Waals surface area contributed by atoms with E-state index in [4.69, 9.17) is 14.5 Å². The zero-order chi connectivity index (χ0) is 27.6. The number of hydrogen-bond acceptors (Lipinski definition) is 6. The average molecular weight is 556 g/mol. The fourth-order valence-electron chi connectivity index (χ4n) is 5.53. The summed E-state index contributed by atoms with van der Waals surface area (Å²) in [6.07, 6.45) is -0.297. The van der Waals surface area contributed by atoms with Crippen molar-refractivity contribution in [3.63, 3.8) is 0 Å². The Bertz CT molecular complexity index is 1680. The molecule has 2 aliphatic rings. The minimum atomic E-state index is -0.297. The van der Waals surface area contributed by atoms with Crippen molar-refractivity contribution in [2.24, 2.45) is 10.9 Å². The summed E-state index contributed by atoms with van der Waals surface area (Å²) in [6.45, 7) is 0.570. The van der Waals surface area contributed by atoms with Crippen molar-refractivity contribution in [1.82, 2.24) is 0 Å². The van der Waals surface area contributed by atoms with E-state index in [1.54, 1.807) is 18.9 Å². The Labute approximate surface area is 244 Å². The number of anilines is 3. The molecule has 6 heteroatoms. The first-order chi connectivity index (χ1) is 20.3. The summed E-state index contributed by atoms with van der Waals surface area (Å²) < 4.78 is 12.6. The highest BCUT2D eigenvalue weighted by atomic mass is 32.2. The zero-order valence-corrected chi connectivity index (χ0v) is 23.4. The van der Waals surface area contributed by atoms with Crippen molar-refractivity contribution in [1.29, 1.82) is 0 Å². The van der Waals surface area contributed by atoms with E-state index in [2.05, 4.69) is 83.0 Å². The normalized spacial score (nSPS) is 17.2. The first-order valence-corrected chi connectivity index (χ1v) is 14.5. The van der Waals surface area contributed by atoms with Gasteiger partial charge in [0.05, 0.1) is 30.1 Å². The molecule has 5 nitrogen and oxygen atoms in total. The summed E-state index contributed by atoms with van der Waals surface area (Å²) in [5.41, 5.74) is 5.07. The number of aliphatic imine (C=N–C) groups is 1. The van der Waals surface area contributed by atoms with E-state index in [0.717, 1.165) is 45.6 Å². The van der Waals surface area contributed by atoms with Crippen LogP contribution in [-0.4, -0.2) is 19.5 Å². The highest BCUT2D eigenvalue weighted by molar-refractivity contribution is 7.99. The number of fused-ring (bicyclic) bond motifs is 3. The number of para-hydroxylation sites is 6. The molecule has 0 saturated heterocycles. The third-order valence-corrected chi connectivity index (χ3v) is 8.59. The van der Waals surface area contributed by atoms with E-state index in [1.807, 2.05) is 54.6 Å². The van der Waals surface area contributed by atoms with Crippen LogP contribution in [0, 0.1) is 5.92 Å². The van der Waals surface area contributed by atoms with Gasteiger partial charge in [0.15, 0.2) is 0 Å². The van der Waals surface area contributed by atoms with Crippen LogP contribution >= 0.6 is 11.8 Å². The summed E-state index contributed by atoms with van der Waals surface area (Å²) in [7, 11) is 1.70.